The zero-order chi connectivity index (χ0) is 17.3. The van der Waals surface area contributed by atoms with Gasteiger partial charge >= 0.3 is 0 Å². The standard InChI is InChI=1S/C20H26N2O3/c23-18(21-17-4-2-1-3-5-17)12-25-13-19(24)22-20-9-14-6-15(10-20)8-16(7-14)11-20/h1-5,14-16H,6-13H2,(H,21,23)(H,22,24). The van der Waals surface area contributed by atoms with E-state index in [0.29, 0.717) is 0 Å². The summed E-state index contributed by atoms with van der Waals surface area (Å²) in [7, 11) is 0. The summed E-state index contributed by atoms with van der Waals surface area (Å²) < 4.78 is 5.32. The van der Waals surface area contributed by atoms with Crippen molar-refractivity contribution in [2.75, 3.05) is 18.5 Å². The molecule has 0 aliphatic heterocycles. The molecule has 4 saturated carbocycles. The van der Waals surface area contributed by atoms with Gasteiger partial charge in [0.15, 0.2) is 0 Å². The number of benzene rings is 1. The third-order valence-electron chi connectivity index (χ3n) is 5.97. The molecule has 0 heterocycles. The Kier molecular flexibility index (Phi) is 4.50. The van der Waals surface area contributed by atoms with E-state index in [2.05, 4.69) is 10.6 Å². The number of nitrogens with one attached hydrogen (secondary N) is 2. The fourth-order valence-corrected chi connectivity index (χ4v) is 5.55. The minimum atomic E-state index is -0.242. The summed E-state index contributed by atoms with van der Waals surface area (Å²) in [5.74, 6) is 2.06. The molecular weight excluding hydrogens is 316 g/mol. The van der Waals surface area contributed by atoms with E-state index in [1.807, 2.05) is 30.3 Å². The summed E-state index contributed by atoms with van der Waals surface area (Å²) in [6, 6.07) is 9.24. The topological polar surface area (TPSA) is 67.4 Å². The highest BCUT2D eigenvalue weighted by Crippen LogP contribution is 2.55. The molecule has 0 unspecified atom stereocenters. The van der Waals surface area contributed by atoms with Gasteiger partial charge in [-0.25, -0.2) is 0 Å². The predicted molar refractivity (Wildman–Crippen MR) is 94.9 cm³/mol. The van der Waals surface area contributed by atoms with Gasteiger partial charge < -0.3 is 15.4 Å². The molecular formula is C20H26N2O3. The van der Waals surface area contributed by atoms with Crippen molar-refractivity contribution in [1.29, 1.82) is 0 Å². The molecule has 2 N–H and O–H groups in total. The Morgan fingerprint density at radius 3 is 2.08 bits per heavy atom. The summed E-state index contributed by atoms with van der Waals surface area (Å²) in [5, 5.41) is 6.00. The number of carbonyl (C=O) groups is 2. The van der Waals surface area contributed by atoms with E-state index in [0.717, 1.165) is 42.7 Å². The second-order valence-corrected chi connectivity index (χ2v) is 8.15. The molecule has 1 aromatic rings. The van der Waals surface area contributed by atoms with Crippen LogP contribution in [0.15, 0.2) is 30.3 Å². The average molecular weight is 342 g/mol. The zero-order valence-corrected chi connectivity index (χ0v) is 14.5. The van der Waals surface area contributed by atoms with Crippen LogP contribution >= 0.6 is 0 Å². The minimum absolute atomic E-state index is 0.00148. The smallest absolute Gasteiger partial charge is 0.250 e. The van der Waals surface area contributed by atoms with Gasteiger partial charge in [-0.3, -0.25) is 9.59 Å². The van der Waals surface area contributed by atoms with E-state index in [1.54, 1.807) is 0 Å². The molecule has 0 aromatic heterocycles. The Bertz CT molecular complexity index is 608. The third-order valence-corrected chi connectivity index (χ3v) is 5.97. The molecule has 2 amide bonds. The van der Waals surface area contributed by atoms with Crippen LogP contribution in [-0.4, -0.2) is 30.6 Å². The number of rotatable bonds is 6. The molecule has 134 valence electrons. The average Bonchev–Trinajstić information content (AvgIpc) is 2.53. The van der Waals surface area contributed by atoms with Crippen molar-refractivity contribution in [3.8, 4) is 0 Å². The predicted octanol–water partition coefficient (Wildman–Crippen LogP) is 2.73. The largest absolute Gasteiger partial charge is 0.362 e. The normalized spacial score (nSPS) is 32.4. The van der Waals surface area contributed by atoms with Crippen LogP contribution in [0.2, 0.25) is 0 Å². The van der Waals surface area contributed by atoms with Crippen molar-refractivity contribution >= 4 is 17.5 Å². The molecule has 4 aliphatic rings. The van der Waals surface area contributed by atoms with Gasteiger partial charge in [-0.05, 0) is 68.4 Å². The molecule has 4 fully saturated rings. The third kappa shape index (κ3) is 3.87. The van der Waals surface area contributed by atoms with Gasteiger partial charge in [0.2, 0.25) is 11.8 Å². The zero-order valence-electron chi connectivity index (χ0n) is 14.5. The van der Waals surface area contributed by atoms with Crippen molar-refractivity contribution in [1.82, 2.24) is 5.32 Å². The van der Waals surface area contributed by atoms with E-state index in [1.165, 1.54) is 19.3 Å². The molecule has 25 heavy (non-hydrogen) atoms. The van der Waals surface area contributed by atoms with Crippen LogP contribution in [-0.2, 0) is 14.3 Å². The summed E-state index contributed by atoms with van der Waals surface area (Å²) >= 11 is 0. The van der Waals surface area contributed by atoms with Gasteiger partial charge in [-0.1, -0.05) is 18.2 Å². The van der Waals surface area contributed by atoms with Crippen molar-refractivity contribution < 1.29 is 14.3 Å². The Morgan fingerprint density at radius 1 is 0.920 bits per heavy atom. The van der Waals surface area contributed by atoms with E-state index >= 15 is 0 Å². The van der Waals surface area contributed by atoms with Gasteiger partial charge in [-0.15, -0.1) is 0 Å². The first-order chi connectivity index (χ1) is 12.1. The molecule has 0 radical (unpaired) electrons. The lowest BCUT2D eigenvalue weighted by atomic mass is 9.53. The molecule has 4 bridgehead atoms. The van der Waals surface area contributed by atoms with Crippen LogP contribution in [0.1, 0.15) is 38.5 Å². The van der Waals surface area contributed by atoms with E-state index in [9.17, 15) is 9.59 Å². The fraction of sp³-hybridized carbons (Fsp3) is 0.600. The molecule has 0 atom stereocenters. The molecule has 4 aliphatic carbocycles. The maximum atomic E-state index is 12.3. The van der Waals surface area contributed by atoms with Crippen molar-refractivity contribution in [2.24, 2.45) is 17.8 Å². The van der Waals surface area contributed by atoms with Crippen LogP contribution in [0.25, 0.3) is 0 Å². The van der Waals surface area contributed by atoms with Gasteiger partial charge in [-0.2, -0.15) is 0 Å². The number of hydrogen-bond acceptors (Lipinski definition) is 3. The van der Waals surface area contributed by atoms with Crippen LogP contribution in [0.3, 0.4) is 0 Å². The molecule has 5 rings (SSSR count). The molecule has 5 nitrogen and oxygen atoms in total. The summed E-state index contributed by atoms with van der Waals surface area (Å²) in [6.45, 7) is -0.160. The van der Waals surface area contributed by atoms with Gasteiger partial charge in [0, 0.05) is 11.2 Å². The van der Waals surface area contributed by atoms with Gasteiger partial charge in [0.1, 0.15) is 13.2 Å². The van der Waals surface area contributed by atoms with E-state index in [-0.39, 0.29) is 30.6 Å². The van der Waals surface area contributed by atoms with Crippen LogP contribution in [0.4, 0.5) is 5.69 Å². The summed E-state index contributed by atoms with van der Waals surface area (Å²) in [4.78, 5) is 24.1. The highest BCUT2D eigenvalue weighted by atomic mass is 16.5. The van der Waals surface area contributed by atoms with Crippen molar-refractivity contribution in [3.63, 3.8) is 0 Å². The minimum Gasteiger partial charge on any atom is -0.362 e. The maximum Gasteiger partial charge on any atom is 0.250 e. The van der Waals surface area contributed by atoms with Crippen LogP contribution in [0, 0.1) is 17.8 Å². The number of carbonyl (C=O) groups excluding carboxylic acids is 2. The highest BCUT2D eigenvalue weighted by Gasteiger charge is 2.51. The highest BCUT2D eigenvalue weighted by molar-refractivity contribution is 5.91. The fourth-order valence-electron chi connectivity index (χ4n) is 5.55. The molecule has 0 spiro atoms. The maximum absolute atomic E-state index is 12.3. The second kappa shape index (κ2) is 6.79. The quantitative estimate of drug-likeness (QED) is 0.835. The lowest BCUT2D eigenvalue weighted by molar-refractivity contribution is -0.133. The van der Waals surface area contributed by atoms with E-state index in [4.69, 9.17) is 4.74 Å². The first-order valence-electron chi connectivity index (χ1n) is 9.34. The number of para-hydroxylation sites is 1. The van der Waals surface area contributed by atoms with Gasteiger partial charge in [0.25, 0.3) is 0 Å². The molecule has 0 saturated heterocycles. The SMILES string of the molecule is O=C(COCC(=O)NC12CC3CC(CC(C3)C1)C2)Nc1ccccc1. The van der Waals surface area contributed by atoms with Crippen molar-refractivity contribution in [2.45, 2.75) is 44.1 Å². The molecule has 1 aromatic carbocycles. The second-order valence-electron chi connectivity index (χ2n) is 8.15. The summed E-state index contributed by atoms with van der Waals surface area (Å²) in [6.07, 6.45) is 7.43. The van der Waals surface area contributed by atoms with E-state index < -0.39 is 0 Å². The Balaban J connectivity index is 1.21. The summed E-state index contributed by atoms with van der Waals surface area (Å²) in [5.41, 5.74) is 0.732. The Morgan fingerprint density at radius 2 is 1.48 bits per heavy atom. The number of ether oxygens (including phenoxy) is 1. The first-order valence-corrected chi connectivity index (χ1v) is 9.34. The van der Waals surface area contributed by atoms with Crippen LogP contribution < -0.4 is 10.6 Å². The van der Waals surface area contributed by atoms with Gasteiger partial charge in [0.05, 0.1) is 0 Å². The Hall–Kier alpha value is -1.88. The lowest BCUT2D eigenvalue weighted by Gasteiger charge is -2.56. The van der Waals surface area contributed by atoms with Crippen LogP contribution in [0.5, 0.6) is 0 Å². The lowest BCUT2D eigenvalue weighted by Crippen LogP contribution is -2.60. The molecule has 5 heteroatoms. The number of anilines is 1. The first kappa shape index (κ1) is 16.6. The Labute approximate surface area is 148 Å². The number of hydrogen-bond donors (Lipinski definition) is 2. The monoisotopic (exact) mass is 342 g/mol. The van der Waals surface area contributed by atoms with Crippen molar-refractivity contribution in [3.05, 3.63) is 30.3 Å². The number of amides is 2.